The maximum absolute atomic E-state index is 12.7. The highest BCUT2D eigenvalue weighted by Gasteiger charge is 2.15. The van der Waals surface area contributed by atoms with Crippen LogP contribution in [0.4, 0.5) is 5.95 Å². The second-order valence-electron chi connectivity index (χ2n) is 6.49. The molecule has 146 valence electrons. The molecule has 4 aromatic rings. The predicted molar refractivity (Wildman–Crippen MR) is 110 cm³/mol. The third-order valence-corrected chi connectivity index (χ3v) is 4.46. The number of nitriles is 1. The first kappa shape index (κ1) is 18.8. The molecule has 0 bridgehead atoms. The number of carbonyl (C=O) groups excluding carboxylic acids is 1. The molecule has 0 fully saturated rings. The summed E-state index contributed by atoms with van der Waals surface area (Å²) >= 11 is 0. The average Bonchev–Trinajstić information content (AvgIpc) is 3.16. The summed E-state index contributed by atoms with van der Waals surface area (Å²) in [7, 11) is 0. The summed E-state index contributed by atoms with van der Waals surface area (Å²) in [5, 5.41) is 20.8. The van der Waals surface area contributed by atoms with Crippen LogP contribution in [0.2, 0.25) is 0 Å². The van der Waals surface area contributed by atoms with Crippen molar-refractivity contribution in [3.8, 4) is 17.3 Å². The van der Waals surface area contributed by atoms with Gasteiger partial charge < -0.3 is 10.1 Å². The second-order valence-corrected chi connectivity index (χ2v) is 6.49. The Morgan fingerprint density at radius 3 is 2.67 bits per heavy atom. The number of anilines is 1. The Balaban J connectivity index is 1.60. The first-order valence-electron chi connectivity index (χ1n) is 9.02. The third-order valence-electron chi connectivity index (χ3n) is 4.46. The molecule has 1 amide bonds. The summed E-state index contributed by atoms with van der Waals surface area (Å²) in [5.74, 6) is -1.45. The van der Waals surface area contributed by atoms with Crippen LogP contribution in [-0.4, -0.2) is 31.9 Å². The van der Waals surface area contributed by atoms with Gasteiger partial charge in [-0.25, -0.2) is 14.8 Å². The van der Waals surface area contributed by atoms with E-state index in [4.69, 9.17) is 5.26 Å². The number of hydrogen-bond donors (Lipinski definition) is 3. The number of carboxylic acid groups (broad SMARTS) is 1. The lowest BCUT2D eigenvalue weighted by atomic mass is 10.1. The number of rotatable bonds is 5. The number of amides is 1. The van der Waals surface area contributed by atoms with Gasteiger partial charge in [-0.2, -0.15) is 5.26 Å². The van der Waals surface area contributed by atoms with Crippen LogP contribution in [0.5, 0.6) is 0 Å². The summed E-state index contributed by atoms with van der Waals surface area (Å²) in [6, 6.07) is 19.3. The lowest BCUT2D eigenvalue weighted by Gasteiger charge is -2.06. The van der Waals surface area contributed by atoms with Crippen LogP contribution in [0.15, 0.2) is 60.7 Å². The molecule has 3 N–H and O–H groups in total. The molecule has 0 saturated heterocycles. The number of para-hydroxylation sites is 1. The van der Waals surface area contributed by atoms with Crippen LogP contribution < -0.4 is 5.32 Å². The Hall–Kier alpha value is -4.51. The minimum atomic E-state index is -1.10. The molecule has 0 aliphatic carbocycles. The number of aromatic amines is 1. The van der Waals surface area contributed by atoms with E-state index in [1.807, 2.05) is 24.3 Å². The summed E-state index contributed by atoms with van der Waals surface area (Å²) in [4.78, 5) is 35.5. The van der Waals surface area contributed by atoms with E-state index in [0.29, 0.717) is 17.6 Å². The van der Waals surface area contributed by atoms with E-state index in [9.17, 15) is 14.7 Å². The zero-order chi connectivity index (χ0) is 21.1. The number of benzene rings is 2. The van der Waals surface area contributed by atoms with Gasteiger partial charge in [0.05, 0.1) is 29.3 Å². The van der Waals surface area contributed by atoms with Crippen molar-refractivity contribution >= 4 is 28.9 Å². The fourth-order valence-electron chi connectivity index (χ4n) is 3.09. The van der Waals surface area contributed by atoms with Gasteiger partial charge in [-0.15, -0.1) is 0 Å². The van der Waals surface area contributed by atoms with Crippen molar-refractivity contribution < 1.29 is 14.7 Å². The molecule has 0 unspecified atom stereocenters. The van der Waals surface area contributed by atoms with E-state index in [1.165, 1.54) is 6.07 Å². The summed E-state index contributed by atoms with van der Waals surface area (Å²) in [6.45, 7) is 0. The number of imidazole rings is 1. The highest BCUT2D eigenvalue weighted by Crippen LogP contribution is 2.21. The number of pyridine rings is 1. The van der Waals surface area contributed by atoms with Gasteiger partial charge in [0.25, 0.3) is 5.91 Å². The monoisotopic (exact) mass is 397 g/mol. The standard InChI is InChI=1S/C22H15N5O3/c23-11-10-13-4-1-5-14(12-13)16-7-3-9-18(24-16)20(28)27-22-25-17-8-2-6-15(21(29)30)19(17)26-22/h1-9,12H,10H2,(H,29,30)(H2,25,26,27,28). The van der Waals surface area contributed by atoms with E-state index >= 15 is 0 Å². The number of aromatic nitrogens is 3. The number of nitrogens with one attached hydrogen (secondary N) is 2. The highest BCUT2D eigenvalue weighted by atomic mass is 16.4. The van der Waals surface area contributed by atoms with E-state index < -0.39 is 11.9 Å². The molecule has 4 rings (SSSR count). The van der Waals surface area contributed by atoms with Crippen molar-refractivity contribution in [3.63, 3.8) is 0 Å². The SMILES string of the molecule is N#CCc1cccc(-c2cccc(C(=O)Nc3nc4c(C(=O)O)cccc4[nH]3)n2)c1. The molecule has 0 aliphatic heterocycles. The number of carbonyl (C=O) groups is 2. The molecule has 0 spiro atoms. The summed E-state index contributed by atoms with van der Waals surface area (Å²) < 4.78 is 0. The lowest BCUT2D eigenvalue weighted by Crippen LogP contribution is -2.14. The van der Waals surface area contributed by atoms with Gasteiger partial charge >= 0.3 is 5.97 Å². The molecule has 2 heterocycles. The first-order chi connectivity index (χ1) is 14.5. The number of carboxylic acids is 1. The highest BCUT2D eigenvalue weighted by molar-refractivity contribution is 6.05. The van der Waals surface area contributed by atoms with E-state index in [-0.39, 0.29) is 22.7 Å². The van der Waals surface area contributed by atoms with Gasteiger partial charge in [-0.05, 0) is 35.9 Å². The molecular formula is C22H15N5O3. The van der Waals surface area contributed by atoms with Crippen molar-refractivity contribution in [2.45, 2.75) is 6.42 Å². The summed E-state index contributed by atoms with van der Waals surface area (Å²) in [6.07, 6.45) is 0.290. The van der Waals surface area contributed by atoms with E-state index in [0.717, 1.165) is 11.1 Å². The molecule has 8 heteroatoms. The zero-order valence-electron chi connectivity index (χ0n) is 15.6. The van der Waals surface area contributed by atoms with Crippen LogP contribution >= 0.6 is 0 Å². The molecule has 8 nitrogen and oxygen atoms in total. The van der Waals surface area contributed by atoms with Crippen molar-refractivity contribution in [2.75, 3.05) is 5.32 Å². The number of hydrogen-bond acceptors (Lipinski definition) is 5. The Kier molecular flexibility index (Phi) is 4.93. The van der Waals surface area contributed by atoms with Crippen LogP contribution in [0, 0.1) is 11.3 Å². The van der Waals surface area contributed by atoms with Crippen LogP contribution in [0.1, 0.15) is 26.4 Å². The van der Waals surface area contributed by atoms with Gasteiger partial charge in [-0.3, -0.25) is 10.1 Å². The minimum absolute atomic E-state index is 0.0432. The number of H-pyrrole nitrogens is 1. The van der Waals surface area contributed by atoms with Crippen molar-refractivity contribution in [3.05, 3.63) is 77.5 Å². The summed E-state index contributed by atoms with van der Waals surface area (Å²) in [5.41, 5.74) is 3.24. The average molecular weight is 397 g/mol. The van der Waals surface area contributed by atoms with E-state index in [1.54, 1.807) is 30.3 Å². The van der Waals surface area contributed by atoms with Crippen LogP contribution in [-0.2, 0) is 6.42 Å². The number of fused-ring (bicyclic) bond motifs is 1. The van der Waals surface area contributed by atoms with Gasteiger partial charge in [0.2, 0.25) is 5.95 Å². The van der Waals surface area contributed by atoms with Gasteiger partial charge in [0, 0.05) is 5.56 Å². The quantitative estimate of drug-likeness (QED) is 0.471. The maximum Gasteiger partial charge on any atom is 0.337 e. The fraction of sp³-hybridized carbons (Fsp3) is 0.0455. The lowest BCUT2D eigenvalue weighted by molar-refractivity contribution is 0.0698. The topological polar surface area (TPSA) is 132 Å². The Morgan fingerprint density at radius 1 is 1.07 bits per heavy atom. The van der Waals surface area contributed by atoms with E-state index in [2.05, 4.69) is 26.3 Å². The molecule has 0 atom stereocenters. The van der Waals surface area contributed by atoms with Crippen molar-refractivity contribution in [1.29, 1.82) is 5.26 Å². The molecular weight excluding hydrogens is 382 g/mol. The fourth-order valence-corrected chi connectivity index (χ4v) is 3.09. The molecule has 30 heavy (non-hydrogen) atoms. The largest absolute Gasteiger partial charge is 0.478 e. The minimum Gasteiger partial charge on any atom is -0.478 e. The molecule has 0 saturated carbocycles. The third kappa shape index (κ3) is 3.72. The van der Waals surface area contributed by atoms with Gasteiger partial charge in [0.15, 0.2) is 0 Å². The molecule has 2 aromatic carbocycles. The smallest absolute Gasteiger partial charge is 0.337 e. The normalized spacial score (nSPS) is 10.5. The molecule has 0 radical (unpaired) electrons. The van der Waals surface area contributed by atoms with Crippen LogP contribution in [0.3, 0.4) is 0 Å². The first-order valence-corrected chi connectivity index (χ1v) is 9.02. The molecule has 0 aliphatic rings. The molecule has 2 aromatic heterocycles. The van der Waals surface area contributed by atoms with Crippen LogP contribution in [0.25, 0.3) is 22.3 Å². The van der Waals surface area contributed by atoms with Gasteiger partial charge in [0.1, 0.15) is 11.2 Å². The second kappa shape index (κ2) is 7.85. The van der Waals surface area contributed by atoms with Gasteiger partial charge in [-0.1, -0.05) is 30.3 Å². The van der Waals surface area contributed by atoms with Crippen molar-refractivity contribution in [1.82, 2.24) is 15.0 Å². The Morgan fingerprint density at radius 2 is 1.87 bits per heavy atom. The number of nitrogens with zero attached hydrogens (tertiary/aromatic N) is 3. The predicted octanol–water partition coefficient (Wildman–Crippen LogP) is 3.64. The number of aromatic carboxylic acids is 1. The van der Waals surface area contributed by atoms with Crippen molar-refractivity contribution in [2.24, 2.45) is 0 Å². The Bertz CT molecular complexity index is 1320. The maximum atomic E-state index is 12.7. The Labute approximate surface area is 170 Å². The zero-order valence-corrected chi connectivity index (χ0v) is 15.6.